The van der Waals surface area contributed by atoms with Crippen molar-refractivity contribution in [3.05, 3.63) is 0 Å². The summed E-state index contributed by atoms with van der Waals surface area (Å²) in [5, 5.41) is 26.2. The fourth-order valence-corrected chi connectivity index (χ4v) is 1.36. The molecule has 3 nitrogen and oxygen atoms in total. The van der Waals surface area contributed by atoms with E-state index >= 15 is 0 Å². The van der Waals surface area contributed by atoms with E-state index in [2.05, 4.69) is 37.9 Å². The molecular weight excluding hydrogens is 216 g/mol. The van der Waals surface area contributed by atoms with Gasteiger partial charge in [-0.2, -0.15) is 37.9 Å². The number of hydrogen-bond donors (Lipinski definition) is 6. The number of aliphatic hydroxyl groups is 3. The van der Waals surface area contributed by atoms with Gasteiger partial charge in [-0.15, -0.1) is 0 Å². The molecule has 0 saturated carbocycles. The molecule has 0 rings (SSSR count). The van der Waals surface area contributed by atoms with E-state index in [9.17, 15) is 5.11 Å². The van der Waals surface area contributed by atoms with Crippen LogP contribution in [0.5, 0.6) is 0 Å². The van der Waals surface area contributed by atoms with Crippen molar-refractivity contribution in [2.24, 2.45) is 0 Å². The lowest BCUT2D eigenvalue weighted by Gasteiger charge is -2.25. The van der Waals surface area contributed by atoms with Crippen molar-refractivity contribution in [1.29, 1.82) is 0 Å². The van der Waals surface area contributed by atoms with Gasteiger partial charge in [0.1, 0.15) is 0 Å². The molecule has 0 amide bonds. The van der Waals surface area contributed by atoms with Crippen molar-refractivity contribution >= 4 is 37.9 Å². The average Bonchev–Trinajstić information content (AvgIpc) is 2.12. The molecule has 0 aromatic heterocycles. The molecule has 0 spiro atoms. The summed E-state index contributed by atoms with van der Waals surface area (Å²) in [6.07, 6.45) is -1.95. The Kier molecular flexibility index (Phi) is 6.89. The highest BCUT2D eigenvalue weighted by Gasteiger charge is 2.27. The maximum absolute atomic E-state index is 9.35. The van der Waals surface area contributed by atoms with Crippen molar-refractivity contribution in [2.75, 3.05) is 12.4 Å². The molecule has 0 heterocycles. The van der Waals surface area contributed by atoms with Crippen LogP contribution in [-0.4, -0.2) is 50.4 Å². The second kappa shape index (κ2) is 6.39. The van der Waals surface area contributed by atoms with Crippen LogP contribution in [0.1, 0.15) is 0 Å². The van der Waals surface area contributed by atoms with Crippen molar-refractivity contribution in [3.8, 4) is 0 Å². The maximum Gasteiger partial charge on any atom is 0.0934 e. The largest absolute Gasteiger partial charge is 0.395 e. The second-order valence-electron chi connectivity index (χ2n) is 2.48. The number of aliphatic hydroxyl groups excluding tert-OH is 3. The maximum atomic E-state index is 9.35. The lowest BCUT2D eigenvalue weighted by molar-refractivity contribution is 0.0312. The zero-order valence-corrected chi connectivity index (χ0v) is 9.09. The van der Waals surface area contributed by atoms with Crippen molar-refractivity contribution < 1.29 is 15.3 Å². The summed E-state index contributed by atoms with van der Waals surface area (Å²) >= 11 is 11.8. The molecule has 0 radical (unpaired) electrons. The first-order valence-corrected chi connectivity index (χ1v) is 5.15. The Hall–Kier alpha value is 0.930. The van der Waals surface area contributed by atoms with Gasteiger partial charge >= 0.3 is 0 Å². The third kappa shape index (κ3) is 3.76. The topological polar surface area (TPSA) is 60.7 Å². The molecular formula is C6H14O3S3. The van der Waals surface area contributed by atoms with Gasteiger partial charge in [0.25, 0.3) is 0 Å². The first kappa shape index (κ1) is 12.9. The van der Waals surface area contributed by atoms with Gasteiger partial charge in [-0.25, -0.2) is 0 Å². The molecule has 0 saturated heterocycles. The Labute approximate surface area is 88.4 Å². The van der Waals surface area contributed by atoms with E-state index in [1.54, 1.807) is 0 Å². The van der Waals surface area contributed by atoms with Crippen molar-refractivity contribution in [2.45, 2.75) is 22.7 Å². The molecule has 4 atom stereocenters. The first-order valence-electron chi connectivity index (χ1n) is 3.48. The summed E-state index contributed by atoms with van der Waals surface area (Å²) in [6.45, 7) is -0.187. The molecule has 0 aliphatic rings. The molecule has 6 heteroatoms. The fourth-order valence-electron chi connectivity index (χ4n) is 0.671. The highest BCUT2D eigenvalue weighted by atomic mass is 32.1. The van der Waals surface area contributed by atoms with Gasteiger partial charge in [0.15, 0.2) is 0 Å². The first-order chi connectivity index (χ1) is 5.54. The van der Waals surface area contributed by atoms with Crippen molar-refractivity contribution in [1.82, 2.24) is 0 Å². The van der Waals surface area contributed by atoms with Crippen LogP contribution < -0.4 is 0 Å². The van der Waals surface area contributed by atoms with Crippen LogP contribution in [-0.2, 0) is 0 Å². The highest BCUT2D eigenvalue weighted by molar-refractivity contribution is 7.85. The van der Waals surface area contributed by atoms with Crippen LogP contribution in [0.25, 0.3) is 0 Å². The van der Waals surface area contributed by atoms with E-state index in [0.717, 1.165) is 0 Å². The van der Waals surface area contributed by atoms with Gasteiger partial charge in [0.05, 0.1) is 18.8 Å². The minimum absolute atomic E-state index is 0.157. The van der Waals surface area contributed by atoms with Crippen LogP contribution in [0.15, 0.2) is 0 Å². The van der Waals surface area contributed by atoms with E-state index in [0.29, 0.717) is 0 Å². The number of thiol groups is 3. The van der Waals surface area contributed by atoms with Crippen molar-refractivity contribution in [3.63, 3.8) is 0 Å². The number of rotatable bonds is 5. The zero-order chi connectivity index (χ0) is 9.72. The summed E-state index contributed by atoms with van der Waals surface area (Å²) in [5.41, 5.74) is 0. The Morgan fingerprint density at radius 3 is 2.00 bits per heavy atom. The monoisotopic (exact) mass is 230 g/mol. The standard InChI is InChI=1S/C6H14O3S3/c7-1-4(11)6(12)5(9)3(8)2-10/h3-12H,1-2H2/t3-,4?,5+,6?/m1/s1. The smallest absolute Gasteiger partial charge is 0.0934 e. The Balaban J connectivity index is 3.99. The predicted molar refractivity (Wildman–Crippen MR) is 58.5 cm³/mol. The summed E-state index contributed by atoms with van der Waals surface area (Å²) in [4.78, 5) is 0. The molecule has 74 valence electrons. The zero-order valence-electron chi connectivity index (χ0n) is 6.41. The van der Waals surface area contributed by atoms with Crippen LogP contribution in [0.3, 0.4) is 0 Å². The minimum Gasteiger partial charge on any atom is -0.395 e. The van der Waals surface area contributed by atoms with E-state index in [1.165, 1.54) is 0 Å². The molecule has 0 bridgehead atoms. The lowest BCUT2D eigenvalue weighted by Crippen LogP contribution is -2.41. The molecule has 0 aliphatic heterocycles. The van der Waals surface area contributed by atoms with Gasteiger partial charge in [-0.1, -0.05) is 0 Å². The Morgan fingerprint density at radius 1 is 1.17 bits per heavy atom. The SMILES string of the molecule is OCC(S)C(S)[C@@H](O)[C@H](O)CS. The molecule has 0 aliphatic carbocycles. The third-order valence-electron chi connectivity index (χ3n) is 1.51. The Bertz CT molecular complexity index is 111. The summed E-state index contributed by atoms with van der Waals surface area (Å²) < 4.78 is 0. The van der Waals surface area contributed by atoms with Gasteiger partial charge < -0.3 is 15.3 Å². The van der Waals surface area contributed by atoms with E-state index in [1.807, 2.05) is 0 Å². The van der Waals surface area contributed by atoms with Gasteiger partial charge in [-0.3, -0.25) is 0 Å². The third-order valence-corrected chi connectivity index (χ3v) is 3.27. The molecule has 2 unspecified atom stereocenters. The quantitative estimate of drug-likeness (QED) is 0.352. The molecule has 0 aromatic carbocycles. The van der Waals surface area contributed by atoms with E-state index in [-0.39, 0.29) is 12.4 Å². The molecule has 0 aromatic rings. The van der Waals surface area contributed by atoms with E-state index < -0.39 is 22.7 Å². The molecule has 0 fully saturated rings. The predicted octanol–water partition coefficient (Wildman–Crippen LogP) is -0.773. The minimum atomic E-state index is -1.01. The fraction of sp³-hybridized carbons (Fsp3) is 1.00. The lowest BCUT2D eigenvalue weighted by atomic mass is 10.1. The summed E-state index contributed by atoms with van der Waals surface area (Å²) in [7, 11) is 0. The van der Waals surface area contributed by atoms with Crippen LogP contribution >= 0.6 is 37.9 Å². The summed E-state index contributed by atoms with van der Waals surface area (Å²) in [5.74, 6) is 0.157. The average molecular weight is 230 g/mol. The number of hydrogen-bond acceptors (Lipinski definition) is 6. The normalized spacial score (nSPS) is 21.5. The van der Waals surface area contributed by atoms with Gasteiger partial charge in [-0.05, 0) is 0 Å². The second-order valence-corrected chi connectivity index (χ2v) is 4.11. The summed E-state index contributed by atoms with van der Waals surface area (Å²) in [6, 6.07) is 0. The van der Waals surface area contributed by atoms with Gasteiger partial charge in [0, 0.05) is 16.3 Å². The molecule has 12 heavy (non-hydrogen) atoms. The van der Waals surface area contributed by atoms with Crippen LogP contribution in [0, 0.1) is 0 Å². The highest BCUT2D eigenvalue weighted by Crippen LogP contribution is 2.15. The Morgan fingerprint density at radius 2 is 1.67 bits per heavy atom. The van der Waals surface area contributed by atoms with Crippen LogP contribution in [0.4, 0.5) is 0 Å². The molecule has 3 N–H and O–H groups in total. The van der Waals surface area contributed by atoms with Crippen LogP contribution in [0.2, 0.25) is 0 Å². The van der Waals surface area contributed by atoms with Gasteiger partial charge in [0.2, 0.25) is 0 Å². The van der Waals surface area contributed by atoms with E-state index in [4.69, 9.17) is 10.2 Å².